The van der Waals surface area contributed by atoms with Gasteiger partial charge >= 0.3 is 0 Å². The van der Waals surface area contributed by atoms with E-state index in [9.17, 15) is 0 Å². The van der Waals surface area contributed by atoms with Gasteiger partial charge in [0.2, 0.25) is 0 Å². The lowest BCUT2D eigenvalue weighted by molar-refractivity contribution is 0.253. The van der Waals surface area contributed by atoms with Crippen LogP contribution in [0.15, 0.2) is 4.99 Å². The highest BCUT2D eigenvalue weighted by Crippen LogP contribution is 2.12. The van der Waals surface area contributed by atoms with Gasteiger partial charge in [-0.3, -0.25) is 4.99 Å². The maximum atomic E-state index is 9.02. The Kier molecular flexibility index (Phi) is 7.81. The minimum absolute atomic E-state index is 0.254. The van der Waals surface area contributed by atoms with Gasteiger partial charge in [0.25, 0.3) is 0 Å². The number of aliphatic imine (C=N–C) groups is 1. The topological polar surface area (TPSA) is 61.9 Å². The molecule has 0 bridgehead atoms. The predicted octanol–water partition coefficient (Wildman–Crippen LogP) is 1.98. The van der Waals surface area contributed by atoms with Crippen molar-refractivity contribution in [3.8, 4) is 0 Å². The first-order valence-corrected chi connectivity index (χ1v) is 7.43. The van der Waals surface area contributed by atoms with Crippen LogP contribution in [0.25, 0.3) is 0 Å². The van der Waals surface area contributed by atoms with Gasteiger partial charge in [0.15, 0.2) is 5.96 Å². The maximum Gasteiger partial charge on any atom is 0.191 e. The van der Waals surface area contributed by atoms with Crippen LogP contribution in [0.1, 0.15) is 51.9 Å². The zero-order chi connectivity index (χ0) is 13.2. The van der Waals surface area contributed by atoms with E-state index in [2.05, 4.69) is 16.8 Å². The second-order valence-corrected chi connectivity index (χ2v) is 5.27. The molecule has 1 aliphatic heterocycles. The summed E-state index contributed by atoms with van der Waals surface area (Å²) in [6.45, 7) is 5.29. The molecule has 0 amide bonds. The standard InChI is InChI=1S/C14H29N3O/c1-2-7-13(8-11-18)12-16-14(15)17-9-5-3-4-6-10-17/h13,18H,2-12H2,1H3,(H2,15,16). The number of hydrogen-bond acceptors (Lipinski definition) is 2. The van der Waals surface area contributed by atoms with Crippen LogP contribution in [-0.2, 0) is 0 Å². The minimum Gasteiger partial charge on any atom is -0.396 e. The number of rotatable bonds is 6. The second-order valence-electron chi connectivity index (χ2n) is 5.27. The summed E-state index contributed by atoms with van der Waals surface area (Å²) in [5.41, 5.74) is 6.07. The van der Waals surface area contributed by atoms with E-state index in [-0.39, 0.29) is 6.61 Å². The number of guanidine groups is 1. The molecule has 1 saturated heterocycles. The van der Waals surface area contributed by atoms with Crippen molar-refractivity contribution < 1.29 is 5.11 Å². The molecule has 1 unspecified atom stereocenters. The normalized spacial score (nSPS) is 19.7. The summed E-state index contributed by atoms with van der Waals surface area (Å²) in [5, 5.41) is 9.02. The first kappa shape index (κ1) is 15.3. The molecule has 0 aromatic carbocycles. The van der Waals surface area contributed by atoms with Crippen LogP contribution in [0.2, 0.25) is 0 Å². The smallest absolute Gasteiger partial charge is 0.191 e. The lowest BCUT2D eigenvalue weighted by Gasteiger charge is -2.22. The zero-order valence-electron chi connectivity index (χ0n) is 11.8. The molecule has 0 saturated carbocycles. The molecule has 1 aliphatic rings. The van der Waals surface area contributed by atoms with Gasteiger partial charge < -0.3 is 15.7 Å². The van der Waals surface area contributed by atoms with E-state index in [1.54, 1.807) is 0 Å². The van der Waals surface area contributed by atoms with Gasteiger partial charge in [0.1, 0.15) is 0 Å². The number of likely N-dealkylation sites (tertiary alicyclic amines) is 1. The molecular formula is C14H29N3O. The van der Waals surface area contributed by atoms with Gasteiger partial charge in [0.05, 0.1) is 0 Å². The third kappa shape index (κ3) is 5.71. The molecule has 4 nitrogen and oxygen atoms in total. The molecular weight excluding hydrogens is 226 g/mol. The Bertz CT molecular complexity index is 229. The molecule has 0 aromatic heterocycles. The van der Waals surface area contributed by atoms with Crippen molar-refractivity contribution in [2.24, 2.45) is 16.6 Å². The van der Waals surface area contributed by atoms with Gasteiger partial charge in [-0.05, 0) is 31.6 Å². The van der Waals surface area contributed by atoms with E-state index >= 15 is 0 Å². The third-order valence-electron chi connectivity index (χ3n) is 3.68. The number of aliphatic hydroxyl groups excluding tert-OH is 1. The molecule has 4 heteroatoms. The summed E-state index contributed by atoms with van der Waals surface area (Å²) < 4.78 is 0. The van der Waals surface area contributed by atoms with Crippen LogP contribution in [0.3, 0.4) is 0 Å². The molecule has 0 aromatic rings. The Hall–Kier alpha value is -0.770. The molecule has 0 radical (unpaired) electrons. The molecule has 0 aliphatic carbocycles. The van der Waals surface area contributed by atoms with E-state index in [1.807, 2.05) is 0 Å². The van der Waals surface area contributed by atoms with Crippen LogP contribution in [0, 0.1) is 5.92 Å². The maximum absolute atomic E-state index is 9.02. The van der Waals surface area contributed by atoms with Crippen LogP contribution >= 0.6 is 0 Å². The van der Waals surface area contributed by atoms with E-state index in [1.165, 1.54) is 25.7 Å². The van der Waals surface area contributed by atoms with Crippen molar-refractivity contribution in [1.29, 1.82) is 0 Å². The quantitative estimate of drug-likeness (QED) is 0.563. The molecule has 1 heterocycles. The fourth-order valence-electron chi connectivity index (χ4n) is 2.54. The highest BCUT2D eigenvalue weighted by Gasteiger charge is 2.12. The SMILES string of the molecule is CCCC(CCO)CN=C(N)N1CCCCCC1. The number of nitrogens with zero attached hydrogens (tertiary/aromatic N) is 2. The van der Waals surface area contributed by atoms with E-state index in [4.69, 9.17) is 10.8 Å². The fourth-order valence-corrected chi connectivity index (χ4v) is 2.54. The van der Waals surface area contributed by atoms with Crippen LogP contribution in [0.4, 0.5) is 0 Å². The minimum atomic E-state index is 0.254. The fraction of sp³-hybridized carbons (Fsp3) is 0.929. The molecule has 106 valence electrons. The zero-order valence-corrected chi connectivity index (χ0v) is 11.8. The number of aliphatic hydroxyl groups is 1. The van der Waals surface area contributed by atoms with Crippen molar-refractivity contribution in [3.63, 3.8) is 0 Å². The highest BCUT2D eigenvalue weighted by atomic mass is 16.3. The van der Waals surface area contributed by atoms with Crippen LogP contribution in [-0.4, -0.2) is 42.2 Å². The first-order valence-electron chi connectivity index (χ1n) is 7.43. The van der Waals surface area contributed by atoms with Crippen molar-refractivity contribution in [1.82, 2.24) is 4.90 Å². The third-order valence-corrected chi connectivity index (χ3v) is 3.68. The summed E-state index contributed by atoms with van der Waals surface area (Å²) in [4.78, 5) is 6.75. The lowest BCUT2D eigenvalue weighted by Crippen LogP contribution is -2.38. The molecule has 18 heavy (non-hydrogen) atoms. The molecule has 1 rings (SSSR count). The Morgan fingerprint density at radius 2 is 1.89 bits per heavy atom. The predicted molar refractivity (Wildman–Crippen MR) is 76.6 cm³/mol. The van der Waals surface area contributed by atoms with Crippen molar-refractivity contribution in [2.45, 2.75) is 51.9 Å². The van der Waals surface area contributed by atoms with E-state index < -0.39 is 0 Å². The number of hydrogen-bond donors (Lipinski definition) is 2. The van der Waals surface area contributed by atoms with E-state index in [0.29, 0.717) is 11.9 Å². The molecule has 1 atom stereocenters. The Labute approximate surface area is 111 Å². The average molecular weight is 255 g/mol. The lowest BCUT2D eigenvalue weighted by atomic mass is 10.0. The van der Waals surface area contributed by atoms with Gasteiger partial charge in [0, 0.05) is 26.2 Å². The van der Waals surface area contributed by atoms with Gasteiger partial charge in [-0.15, -0.1) is 0 Å². The van der Waals surface area contributed by atoms with Crippen molar-refractivity contribution in [2.75, 3.05) is 26.2 Å². The van der Waals surface area contributed by atoms with Gasteiger partial charge in [-0.25, -0.2) is 0 Å². The molecule has 0 spiro atoms. The van der Waals surface area contributed by atoms with E-state index in [0.717, 1.165) is 38.9 Å². The molecule has 3 N–H and O–H groups in total. The highest BCUT2D eigenvalue weighted by molar-refractivity contribution is 5.78. The van der Waals surface area contributed by atoms with Gasteiger partial charge in [-0.1, -0.05) is 26.2 Å². The van der Waals surface area contributed by atoms with Crippen molar-refractivity contribution in [3.05, 3.63) is 0 Å². The number of nitrogens with two attached hydrogens (primary N) is 1. The van der Waals surface area contributed by atoms with Crippen molar-refractivity contribution >= 4 is 5.96 Å². The summed E-state index contributed by atoms with van der Waals surface area (Å²) >= 11 is 0. The average Bonchev–Trinajstić information content (AvgIpc) is 2.65. The summed E-state index contributed by atoms with van der Waals surface area (Å²) in [6, 6.07) is 0. The summed E-state index contributed by atoms with van der Waals surface area (Å²) in [7, 11) is 0. The van der Waals surface area contributed by atoms with Crippen LogP contribution < -0.4 is 5.73 Å². The summed E-state index contributed by atoms with van der Waals surface area (Å²) in [6.07, 6.45) is 8.18. The largest absolute Gasteiger partial charge is 0.396 e. The Morgan fingerprint density at radius 3 is 2.44 bits per heavy atom. The van der Waals surface area contributed by atoms with Gasteiger partial charge in [-0.2, -0.15) is 0 Å². The summed E-state index contributed by atoms with van der Waals surface area (Å²) in [5.74, 6) is 1.18. The Morgan fingerprint density at radius 1 is 1.22 bits per heavy atom. The second kappa shape index (κ2) is 9.20. The first-order chi connectivity index (χ1) is 8.77. The Balaban J connectivity index is 2.41. The molecule has 1 fully saturated rings. The monoisotopic (exact) mass is 255 g/mol. The van der Waals surface area contributed by atoms with Crippen LogP contribution in [0.5, 0.6) is 0 Å².